The van der Waals surface area contributed by atoms with Crippen LogP contribution in [0.3, 0.4) is 0 Å². The largest absolute Gasteiger partial charge is 0.354 e. The summed E-state index contributed by atoms with van der Waals surface area (Å²) < 4.78 is 0. The van der Waals surface area contributed by atoms with Crippen LogP contribution in [-0.4, -0.2) is 5.84 Å². The molecule has 5 nitrogen and oxygen atoms in total. The van der Waals surface area contributed by atoms with Crippen LogP contribution < -0.4 is 31.8 Å². The summed E-state index contributed by atoms with van der Waals surface area (Å²) >= 11 is 0. The molecular weight excluding hydrogens is 514 g/mol. The van der Waals surface area contributed by atoms with Gasteiger partial charge in [-0.3, -0.25) is 0 Å². The molecule has 0 radical (unpaired) electrons. The zero-order valence-corrected chi connectivity index (χ0v) is 24.8. The predicted molar refractivity (Wildman–Crippen MR) is 171 cm³/mol. The van der Waals surface area contributed by atoms with Gasteiger partial charge in [0.2, 0.25) is 0 Å². The van der Waals surface area contributed by atoms with Crippen LogP contribution in [0.15, 0.2) is 99.6 Å². The van der Waals surface area contributed by atoms with E-state index in [4.69, 9.17) is 15.0 Å². The molecule has 0 saturated carbocycles. The van der Waals surface area contributed by atoms with Crippen molar-refractivity contribution in [3.63, 3.8) is 0 Å². The Morgan fingerprint density at radius 2 is 1.24 bits per heavy atom. The van der Waals surface area contributed by atoms with Crippen molar-refractivity contribution in [3.8, 4) is 11.1 Å². The lowest BCUT2D eigenvalue weighted by Crippen LogP contribution is -2.35. The minimum Gasteiger partial charge on any atom is -0.354 e. The van der Waals surface area contributed by atoms with Crippen molar-refractivity contribution < 1.29 is 0 Å². The first-order chi connectivity index (χ1) is 20.0. The molecule has 5 aliphatic heterocycles. The van der Waals surface area contributed by atoms with Crippen LogP contribution in [0.25, 0.3) is 28.2 Å². The quantitative estimate of drug-likeness (QED) is 0.312. The lowest BCUT2D eigenvalue weighted by atomic mass is 9.81. The second kappa shape index (κ2) is 8.39. The normalized spacial score (nSPS) is 17.2. The highest BCUT2D eigenvalue weighted by molar-refractivity contribution is 6.04. The second-order valence-electron chi connectivity index (χ2n) is 13.6. The van der Waals surface area contributed by atoms with Crippen molar-refractivity contribution in [3.05, 3.63) is 122 Å². The van der Waals surface area contributed by atoms with Crippen molar-refractivity contribution in [2.45, 2.75) is 52.4 Å². The molecule has 0 spiro atoms. The Hall–Kier alpha value is -4.77. The van der Waals surface area contributed by atoms with Gasteiger partial charge >= 0.3 is 0 Å². The summed E-state index contributed by atoms with van der Waals surface area (Å²) in [6.07, 6.45) is 12.7. The average Bonchev–Trinajstić information content (AvgIpc) is 3.57. The molecule has 5 aliphatic rings. The van der Waals surface area contributed by atoms with E-state index >= 15 is 0 Å². The molecule has 5 heterocycles. The molecule has 2 N–H and O–H groups in total. The molecule has 206 valence electrons. The Morgan fingerprint density at radius 1 is 0.595 bits per heavy atom. The number of rotatable bonds is 0. The maximum Gasteiger partial charge on any atom is 0.177 e. The molecule has 0 unspecified atom stereocenters. The Kier molecular flexibility index (Phi) is 4.99. The van der Waals surface area contributed by atoms with Gasteiger partial charge in [0.25, 0.3) is 0 Å². The molecule has 42 heavy (non-hydrogen) atoms. The third-order valence-electron chi connectivity index (χ3n) is 8.63. The second-order valence-corrected chi connectivity index (χ2v) is 13.6. The summed E-state index contributed by atoms with van der Waals surface area (Å²) in [6, 6.07) is 15.5. The van der Waals surface area contributed by atoms with Crippen LogP contribution in [0.4, 0.5) is 11.4 Å². The fourth-order valence-electron chi connectivity index (χ4n) is 6.17. The number of aliphatic imine (C=N–C) groups is 1. The summed E-state index contributed by atoms with van der Waals surface area (Å²) in [5.41, 5.74) is 11.7. The van der Waals surface area contributed by atoms with Crippen molar-refractivity contribution >= 4 is 34.3 Å². The summed E-state index contributed by atoms with van der Waals surface area (Å²) in [6.45, 7) is 13.7. The zero-order valence-electron chi connectivity index (χ0n) is 24.8. The van der Waals surface area contributed by atoms with Gasteiger partial charge in [-0.05, 0) is 76.6 Å². The van der Waals surface area contributed by atoms with E-state index in [1.165, 1.54) is 22.3 Å². The molecule has 0 aliphatic carbocycles. The van der Waals surface area contributed by atoms with Crippen LogP contribution in [0, 0.1) is 0 Å². The van der Waals surface area contributed by atoms with Crippen LogP contribution >= 0.6 is 0 Å². The SMILES string of the molecule is CC(C)(C)c1cc2c3c(c1)-c1cc(C(C)(C)C)cc(c1=N3)=C1C=CC=C(N1)C1=Nc3cccc(c3=N1)=C1C=CC=C2N1. The summed E-state index contributed by atoms with van der Waals surface area (Å²) in [5, 5.41) is 11.5. The number of nitrogens with one attached hydrogen (secondary N) is 2. The molecule has 3 aromatic rings. The number of benzene rings is 3. The van der Waals surface area contributed by atoms with E-state index in [1.807, 2.05) is 6.07 Å². The Morgan fingerprint density at radius 3 is 2.00 bits per heavy atom. The van der Waals surface area contributed by atoms with Gasteiger partial charge in [0, 0.05) is 44.2 Å². The van der Waals surface area contributed by atoms with Crippen molar-refractivity contribution in [1.29, 1.82) is 0 Å². The summed E-state index contributed by atoms with van der Waals surface area (Å²) in [7, 11) is 0. The van der Waals surface area contributed by atoms with Gasteiger partial charge in [-0.15, -0.1) is 0 Å². The van der Waals surface area contributed by atoms with E-state index in [9.17, 15) is 0 Å². The molecule has 5 heteroatoms. The minimum absolute atomic E-state index is 0.0373. The van der Waals surface area contributed by atoms with Crippen LogP contribution in [0.2, 0.25) is 0 Å². The lowest BCUT2D eigenvalue weighted by molar-refractivity contribution is 0.589. The van der Waals surface area contributed by atoms with E-state index in [1.54, 1.807) is 0 Å². The Labute approximate surface area is 245 Å². The highest BCUT2D eigenvalue weighted by Gasteiger charge is 2.28. The molecule has 0 atom stereocenters. The van der Waals surface area contributed by atoms with Gasteiger partial charge in [-0.2, -0.15) is 0 Å². The number of hydrogen-bond donors (Lipinski definition) is 2. The molecular formula is C37H33N5. The Bertz CT molecular complexity index is 2190. The number of fused-ring (bicyclic) bond motifs is 8. The zero-order chi connectivity index (χ0) is 29.0. The maximum atomic E-state index is 5.42. The number of allylic oxidation sites excluding steroid dienone is 4. The van der Waals surface area contributed by atoms with Gasteiger partial charge < -0.3 is 10.6 Å². The fourth-order valence-corrected chi connectivity index (χ4v) is 6.17. The summed E-state index contributed by atoms with van der Waals surface area (Å²) in [5.74, 6) is 0.685. The van der Waals surface area contributed by atoms with Crippen LogP contribution in [-0.2, 0) is 10.8 Å². The average molecular weight is 548 g/mol. The molecule has 3 aromatic carbocycles. The fraction of sp³-hybridized carbons (Fsp3) is 0.216. The van der Waals surface area contributed by atoms with Gasteiger partial charge in [0.1, 0.15) is 5.36 Å². The molecule has 0 aromatic heterocycles. The third kappa shape index (κ3) is 3.73. The highest BCUT2D eigenvalue weighted by atomic mass is 15.1. The third-order valence-corrected chi connectivity index (χ3v) is 8.63. The molecule has 8 bridgehead atoms. The maximum absolute atomic E-state index is 5.42. The van der Waals surface area contributed by atoms with E-state index < -0.39 is 0 Å². The Balaban J connectivity index is 1.54. The topological polar surface area (TPSA) is 61.1 Å². The smallest absolute Gasteiger partial charge is 0.177 e. The highest BCUT2D eigenvalue weighted by Crippen LogP contribution is 2.43. The number of hydrogen-bond acceptors (Lipinski definition) is 5. The molecule has 0 saturated heterocycles. The van der Waals surface area contributed by atoms with Gasteiger partial charge in [0.05, 0.1) is 22.4 Å². The first-order valence-electron chi connectivity index (χ1n) is 14.6. The van der Waals surface area contributed by atoms with Gasteiger partial charge in [0.15, 0.2) is 5.84 Å². The lowest BCUT2D eigenvalue weighted by Gasteiger charge is -2.24. The van der Waals surface area contributed by atoms with Crippen molar-refractivity contribution in [2.24, 2.45) is 15.0 Å². The number of nitrogens with zero attached hydrogens (tertiary/aromatic N) is 3. The van der Waals surface area contributed by atoms with Gasteiger partial charge in [-0.1, -0.05) is 65.8 Å². The summed E-state index contributed by atoms with van der Waals surface area (Å²) in [4.78, 5) is 15.4. The van der Waals surface area contributed by atoms with Gasteiger partial charge in [-0.25, -0.2) is 15.0 Å². The molecule has 0 amide bonds. The molecule has 0 fully saturated rings. The first kappa shape index (κ1) is 25.0. The van der Waals surface area contributed by atoms with E-state index in [-0.39, 0.29) is 10.8 Å². The number of dihydropyridines is 2. The van der Waals surface area contributed by atoms with Crippen LogP contribution in [0.1, 0.15) is 58.2 Å². The van der Waals surface area contributed by atoms with Crippen LogP contribution in [0.5, 0.6) is 0 Å². The monoisotopic (exact) mass is 547 g/mol. The van der Waals surface area contributed by atoms with Crippen molar-refractivity contribution in [2.75, 3.05) is 0 Å². The number of para-hydroxylation sites is 1. The standard InChI is InChI=1S/C37H33N5/c1-36(2,3)20-16-23-24-17-21(37(4,5)6)19-26-29-13-9-15-31(39-29)35-40-30-14-7-10-22(34(30)42-35)27-11-8-12-28(38-27)25(18-20)32(23)41-33(24)26/h7-19,38-39H,1-6H3. The predicted octanol–water partition coefficient (Wildman–Crippen LogP) is 5.35. The van der Waals surface area contributed by atoms with E-state index in [0.717, 1.165) is 60.9 Å². The minimum atomic E-state index is -0.0412. The van der Waals surface area contributed by atoms with E-state index in [0.29, 0.717) is 5.84 Å². The first-order valence-corrected chi connectivity index (χ1v) is 14.6. The van der Waals surface area contributed by atoms with E-state index in [2.05, 4.69) is 125 Å². The van der Waals surface area contributed by atoms with Crippen molar-refractivity contribution in [1.82, 2.24) is 10.6 Å². The molecule has 8 rings (SSSR count). The number of amidine groups is 1.